The number of esters is 1. The number of nitriles is 1. The van der Waals surface area contributed by atoms with Crippen LogP contribution in [0.25, 0.3) is 0 Å². The second kappa shape index (κ2) is 8.21. The number of ether oxygens (including phenoxy) is 1. The minimum atomic E-state index is -0.860. The molecule has 2 fully saturated rings. The summed E-state index contributed by atoms with van der Waals surface area (Å²) in [5.74, 6) is -1.17. The molecule has 0 spiro atoms. The molecule has 142 valence electrons. The van der Waals surface area contributed by atoms with E-state index in [0.29, 0.717) is 31.5 Å². The zero-order chi connectivity index (χ0) is 19.3. The van der Waals surface area contributed by atoms with E-state index in [1.54, 1.807) is 29.2 Å². The molecule has 0 aromatic heterocycles. The first kappa shape index (κ1) is 18.9. The number of nitrogens with zero attached hydrogens (tertiary/aromatic N) is 2. The van der Waals surface area contributed by atoms with E-state index < -0.39 is 24.0 Å². The van der Waals surface area contributed by atoms with Gasteiger partial charge in [-0.3, -0.25) is 9.59 Å². The molecule has 7 heteroatoms. The van der Waals surface area contributed by atoms with Crippen molar-refractivity contribution in [3.8, 4) is 6.07 Å². The normalized spacial score (nSPS) is 18.6. The van der Waals surface area contributed by atoms with Gasteiger partial charge in [-0.25, -0.2) is 4.79 Å². The molecule has 1 saturated carbocycles. The van der Waals surface area contributed by atoms with Crippen molar-refractivity contribution in [3.63, 3.8) is 0 Å². The number of amides is 2. The van der Waals surface area contributed by atoms with Gasteiger partial charge in [0.2, 0.25) is 5.91 Å². The van der Waals surface area contributed by atoms with Crippen LogP contribution < -0.4 is 10.2 Å². The lowest BCUT2D eigenvalue weighted by Gasteiger charge is -2.31. The van der Waals surface area contributed by atoms with Crippen LogP contribution in [0.3, 0.4) is 0 Å². The third-order valence-corrected chi connectivity index (χ3v) is 5.12. The molecule has 2 aliphatic rings. The molecular formula is C20H23N3O4. The highest BCUT2D eigenvalue weighted by Gasteiger charge is 2.34. The number of para-hydroxylation sites is 1. The molecule has 27 heavy (non-hydrogen) atoms. The molecular weight excluding hydrogens is 346 g/mol. The van der Waals surface area contributed by atoms with E-state index in [1.165, 1.54) is 0 Å². The van der Waals surface area contributed by atoms with Crippen molar-refractivity contribution in [1.29, 1.82) is 5.26 Å². The Morgan fingerprint density at radius 3 is 2.59 bits per heavy atom. The quantitative estimate of drug-likeness (QED) is 0.803. The van der Waals surface area contributed by atoms with Crippen molar-refractivity contribution >= 4 is 23.5 Å². The fraction of sp³-hybridized carbons (Fsp3) is 0.500. The Hall–Kier alpha value is -2.88. The van der Waals surface area contributed by atoms with Crippen molar-refractivity contribution < 1.29 is 19.1 Å². The highest BCUT2D eigenvalue weighted by atomic mass is 16.5. The van der Waals surface area contributed by atoms with E-state index in [9.17, 15) is 19.6 Å². The van der Waals surface area contributed by atoms with Crippen molar-refractivity contribution in [2.75, 3.05) is 18.1 Å². The second-order valence-electron chi connectivity index (χ2n) is 7.04. The molecule has 3 rings (SSSR count). The molecule has 7 nitrogen and oxygen atoms in total. The fourth-order valence-corrected chi connectivity index (χ4v) is 3.72. The van der Waals surface area contributed by atoms with Gasteiger partial charge in [0.1, 0.15) is 5.54 Å². The van der Waals surface area contributed by atoms with E-state index >= 15 is 0 Å². The molecule has 1 aromatic carbocycles. The summed E-state index contributed by atoms with van der Waals surface area (Å²) in [5.41, 5.74) is -0.0962. The Labute approximate surface area is 158 Å². The van der Waals surface area contributed by atoms with Crippen molar-refractivity contribution in [3.05, 3.63) is 29.8 Å². The summed E-state index contributed by atoms with van der Waals surface area (Å²) in [5, 5.41) is 12.1. The van der Waals surface area contributed by atoms with Gasteiger partial charge in [-0.15, -0.1) is 0 Å². The minimum absolute atomic E-state index is 0.0266. The van der Waals surface area contributed by atoms with Crippen LogP contribution in [0.1, 0.15) is 55.3 Å². The maximum Gasteiger partial charge on any atom is 0.340 e. The minimum Gasteiger partial charge on any atom is -0.452 e. The molecule has 0 atom stereocenters. The predicted molar refractivity (Wildman–Crippen MR) is 97.9 cm³/mol. The third-order valence-electron chi connectivity index (χ3n) is 5.12. The van der Waals surface area contributed by atoms with E-state index in [4.69, 9.17) is 4.74 Å². The first-order valence-electron chi connectivity index (χ1n) is 9.33. The topological polar surface area (TPSA) is 99.5 Å². The van der Waals surface area contributed by atoms with Gasteiger partial charge >= 0.3 is 5.97 Å². The number of carbonyl (C=O) groups is 3. The molecule has 0 radical (unpaired) electrons. The molecule has 1 aliphatic heterocycles. The number of rotatable bonds is 5. The summed E-state index contributed by atoms with van der Waals surface area (Å²) >= 11 is 0. The number of anilines is 1. The van der Waals surface area contributed by atoms with Crippen LogP contribution in [0.2, 0.25) is 0 Å². The van der Waals surface area contributed by atoms with Crippen LogP contribution in [0.15, 0.2) is 24.3 Å². The van der Waals surface area contributed by atoms with Gasteiger partial charge < -0.3 is 15.0 Å². The predicted octanol–water partition coefficient (Wildman–Crippen LogP) is 2.31. The lowest BCUT2D eigenvalue weighted by Crippen LogP contribution is -2.50. The Kier molecular flexibility index (Phi) is 5.75. The van der Waals surface area contributed by atoms with Gasteiger partial charge in [-0.2, -0.15) is 5.26 Å². The van der Waals surface area contributed by atoms with E-state index in [2.05, 4.69) is 11.4 Å². The van der Waals surface area contributed by atoms with Gasteiger partial charge in [-0.1, -0.05) is 31.4 Å². The van der Waals surface area contributed by atoms with Crippen LogP contribution >= 0.6 is 0 Å². The highest BCUT2D eigenvalue weighted by molar-refractivity contribution is 6.03. The van der Waals surface area contributed by atoms with E-state index in [0.717, 1.165) is 25.7 Å². The van der Waals surface area contributed by atoms with Gasteiger partial charge in [0.15, 0.2) is 6.61 Å². The number of carbonyl (C=O) groups excluding carboxylic acids is 3. The standard InChI is InChI=1S/C20H23N3O4/c21-14-20(10-4-1-5-11-20)22-17(24)13-27-19(26)15-7-2-3-8-16(15)23-12-6-9-18(23)25/h2-3,7-8H,1,4-6,9-13H2,(H,22,24). The highest BCUT2D eigenvalue weighted by Crippen LogP contribution is 2.28. The molecule has 1 N–H and O–H groups in total. The Morgan fingerprint density at radius 1 is 1.19 bits per heavy atom. The molecule has 1 heterocycles. The maximum atomic E-state index is 12.5. The van der Waals surface area contributed by atoms with Crippen LogP contribution in [-0.4, -0.2) is 36.5 Å². The summed E-state index contributed by atoms with van der Waals surface area (Å²) in [6.07, 6.45) is 5.28. The van der Waals surface area contributed by atoms with Gasteiger partial charge in [0, 0.05) is 13.0 Å². The zero-order valence-corrected chi connectivity index (χ0v) is 15.2. The molecule has 1 saturated heterocycles. The Balaban J connectivity index is 1.62. The van der Waals surface area contributed by atoms with E-state index in [-0.39, 0.29) is 11.5 Å². The summed E-state index contributed by atoms with van der Waals surface area (Å²) in [6, 6.07) is 8.93. The third kappa shape index (κ3) is 4.27. The van der Waals surface area contributed by atoms with Gasteiger partial charge in [-0.05, 0) is 31.4 Å². The van der Waals surface area contributed by atoms with Crippen LogP contribution in [-0.2, 0) is 14.3 Å². The number of hydrogen-bond acceptors (Lipinski definition) is 5. The molecule has 1 aliphatic carbocycles. The molecule has 2 amide bonds. The smallest absolute Gasteiger partial charge is 0.340 e. The van der Waals surface area contributed by atoms with Crippen LogP contribution in [0, 0.1) is 11.3 Å². The monoisotopic (exact) mass is 369 g/mol. The summed E-state index contributed by atoms with van der Waals surface area (Å²) < 4.78 is 5.16. The molecule has 0 bridgehead atoms. The van der Waals surface area contributed by atoms with Gasteiger partial charge in [0.05, 0.1) is 17.3 Å². The Morgan fingerprint density at radius 2 is 1.93 bits per heavy atom. The lowest BCUT2D eigenvalue weighted by molar-refractivity contribution is -0.126. The maximum absolute atomic E-state index is 12.5. The first-order chi connectivity index (χ1) is 13.0. The number of benzene rings is 1. The fourth-order valence-electron chi connectivity index (χ4n) is 3.72. The van der Waals surface area contributed by atoms with Gasteiger partial charge in [0.25, 0.3) is 5.91 Å². The zero-order valence-electron chi connectivity index (χ0n) is 15.2. The van der Waals surface area contributed by atoms with Crippen LogP contribution in [0.5, 0.6) is 0 Å². The van der Waals surface area contributed by atoms with Crippen molar-refractivity contribution in [1.82, 2.24) is 5.32 Å². The second-order valence-corrected chi connectivity index (χ2v) is 7.04. The molecule has 0 unspecified atom stereocenters. The average Bonchev–Trinajstić information content (AvgIpc) is 3.12. The SMILES string of the molecule is N#CC1(NC(=O)COC(=O)c2ccccc2N2CCCC2=O)CCCCC1. The van der Waals surface area contributed by atoms with Crippen molar-refractivity contribution in [2.45, 2.75) is 50.5 Å². The van der Waals surface area contributed by atoms with Crippen LogP contribution in [0.4, 0.5) is 5.69 Å². The largest absolute Gasteiger partial charge is 0.452 e. The van der Waals surface area contributed by atoms with Crippen molar-refractivity contribution in [2.24, 2.45) is 0 Å². The summed E-state index contributed by atoms with van der Waals surface area (Å²) in [6.45, 7) is 0.110. The number of hydrogen-bond donors (Lipinski definition) is 1. The lowest BCUT2D eigenvalue weighted by atomic mass is 9.83. The molecule has 1 aromatic rings. The summed E-state index contributed by atoms with van der Waals surface area (Å²) in [4.78, 5) is 38.2. The first-order valence-corrected chi connectivity index (χ1v) is 9.33. The Bertz CT molecular complexity index is 778. The summed E-state index contributed by atoms with van der Waals surface area (Å²) in [7, 11) is 0. The average molecular weight is 369 g/mol. The van der Waals surface area contributed by atoms with E-state index in [1.807, 2.05) is 0 Å². The number of nitrogens with one attached hydrogen (secondary N) is 1.